The SMILES string of the molecule is CC(C)NC(=O)C(C)N(Cc1ccccc1)C(=O)CN(c1ccc(F)cc1)S(=O)(=O)N(C)C. The lowest BCUT2D eigenvalue weighted by atomic mass is 10.1. The molecule has 0 fully saturated rings. The average molecular weight is 479 g/mol. The van der Waals surface area contributed by atoms with Gasteiger partial charge >= 0.3 is 10.2 Å². The summed E-state index contributed by atoms with van der Waals surface area (Å²) in [6.07, 6.45) is 0. The zero-order valence-electron chi connectivity index (χ0n) is 19.5. The van der Waals surface area contributed by atoms with Gasteiger partial charge in [0.05, 0.1) is 5.69 Å². The first-order valence-corrected chi connectivity index (χ1v) is 11.9. The number of nitrogens with one attached hydrogen (secondary N) is 1. The van der Waals surface area contributed by atoms with Crippen LogP contribution in [0.3, 0.4) is 0 Å². The molecule has 33 heavy (non-hydrogen) atoms. The number of amides is 2. The van der Waals surface area contributed by atoms with Crippen molar-refractivity contribution in [1.82, 2.24) is 14.5 Å². The second-order valence-electron chi connectivity index (χ2n) is 8.12. The number of hydrogen-bond donors (Lipinski definition) is 1. The summed E-state index contributed by atoms with van der Waals surface area (Å²) in [5, 5.41) is 2.79. The molecule has 8 nitrogen and oxygen atoms in total. The molecule has 180 valence electrons. The molecule has 2 aromatic rings. The molecule has 0 aliphatic rings. The lowest BCUT2D eigenvalue weighted by Crippen LogP contribution is -2.53. The normalized spacial score (nSPS) is 12.5. The van der Waals surface area contributed by atoms with Crippen molar-refractivity contribution in [1.29, 1.82) is 0 Å². The third-order valence-corrected chi connectivity index (χ3v) is 6.75. The minimum atomic E-state index is -4.08. The number of halogens is 1. The first kappa shape index (κ1) is 26.3. The highest BCUT2D eigenvalue weighted by molar-refractivity contribution is 7.90. The summed E-state index contributed by atoms with van der Waals surface area (Å²) in [5.74, 6) is -1.45. The van der Waals surface area contributed by atoms with Crippen LogP contribution in [-0.2, 0) is 26.3 Å². The van der Waals surface area contributed by atoms with E-state index in [0.29, 0.717) is 0 Å². The Morgan fingerprint density at radius 1 is 0.970 bits per heavy atom. The van der Waals surface area contributed by atoms with E-state index in [0.717, 1.165) is 26.3 Å². The highest BCUT2D eigenvalue weighted by Gasteiger charge is 2.32. The molecule has 0 spiro atoms. The summed E-state index contributed by atoms with van der Waals surface area (Å²) in [5.41, 5.74) is 0.927. The Morgan fingerprint density at radius 3 is 2.06 bits per heavy atom. The van der Waals surface area contributed by atoms with E-state index < -0.39 is 34.5 Å². The van der Waals surface area contributed by atoms with Gasteiger partial charge in [0.25, 0.3) is 0 Å². The Kier molecular flexibility index (Phi) is 8.95. The molecule has 2 aromatic carbocycles. The average Bonchev–Trinajstić information content (AvgIpc) is 2.76. The molecule has 0 saturated carbocycles. The molecular formula is C23H31FN4O4S. The van der Waals surface area contributed by atoms with E-state index in [9.17, 15) is 22.4 Å². The van der Waals surface area contributed by atoms with Crippen LogP contribution in [0.5, 0.6) is 0 Å². The van der Waals surface area contributed by atoms with Gasteiger partial charge in [0, 0.05) is 26.7 Å². The quantitative estimate of drug-likeness (QED) is 0.568. The second-order valence-corrected chi connectivity index (χ2v) is 10.2. The maximum Gasteiger partial charge on any atom is 0.304 e. The van der Waals surface area contributed by atoms with Crippen LogP contribution in [0.1, 0.15) is 26.3 Å². The molecule has 0 aliphatic carbocycles. The summed E-state index contributed by atoms with van der Waals surface area (Å²) in [7, 11) is -1.39. The Morgan fingerprint density at radius 2 is 1.55 bits per heavy atom. The molecule has 2 amide bonds. The molecule has 2 rings (SSSR count). The number of benzene rings is 2. The number of carbonyl (C=O) groups is 2. The van der Waals surface area contributed by atoms with Crippen LogP contribution in [0.2, 0.25) is 0 Å². The molecule has 0 saturated heterocycles. The molecule has 0 radical (unpaired) electrons. The lowest BCUT2D eigenvalue weighted by Gasteiger charge is -2.33. The minimum absolute atomic E-state index is 0.117. The van der Waals surface area contributed by atoms with Crippen molar-refractivity contribution >= 4 is 27.7 Å². The van der Waals surface area contributed by atoms with Crippen molar-refractivity contribution in [3.8, 4) is 0 Å². The third kappa shape index (κ3) is 7.00. The second kappa shape index (κ2) is 11.2. The molecule has 0 aliphatic heterocycles. The lowest BCUT2D eigenvalue weighted by molar-refractivity contribution is -0.139. The van der Waals surface area contributed by atoms with Gasteiger partial charge < -0.3 is 10.2 Å². The van der Waals surface area contributed by atoms with Crippen molar-refractivity contribution < 1.29 is 22.4 Å². The Balaban J connectivity index is 2.42. The van der Waals surface area contributed by atoms with E-state index in [4.69, 9.17) is 0 Å². The fraction of sp³-hybridized carbons (Fsp3) is 0.391. The minimum Gasteiger partial charge on any atom is -0.352 e. The maximum atomic E-state index is 13.4. The highest BCUT2D eigenvalue weighted by Crippen LogP contribution is 2.21. The van der Waals surface area contributed by atoms with E-state index in [1.807, 2.05) is 44.2 Å². The molecule has 0 bridgehead atoms. The van der Waals surface area contributed by atoms with Gasteiger partial charge in [-0.25, -0.2) is 8.70 Å². The summed E-state index contributed by atoms with van der Waals surface area (Å²) >= 11 is 0. The van der Waals surface area contributed by atoms with Crippen LogP contribution in [0.15, 0.2) is 54.6 Å². The van der Waals surface area contributed by atoms with Crippen LogP contribution >= 0.6 is 0 Å². The topological polar surface area (TPSA) is 90.0 Å². The predicted molar refractivity (Wildman–Crippen MR) is 126 cm³/mol. The van der Waals surface area contributed by atoms with Crippen molar-refractivity contribution in [2.45, 2.75) is 39.4 Å². The Hall–Kier alpha value is -2.98. The van der Waals surface area contributed by atoms with Gasteiger partial charge in [-0.3, -0.25) is 9.59 Å². The van der Waals surface area contributed by atoms with Gasteiger partial charge in [-0.05, 0) is 50.6 Å². The summed E-state index contributed by atoms with van der Waals surface area (Å²) in [6.45, 7) is 4.78. The van der Waals surface area contributed by atoms with Gasteiger partial charge in [0.15, 0.2) is 0 Å². The first-order valence-electron chi connectivity index (χ1n) is 10.5. The van der Waals surface area contributed by atoms with E-state index in [-0.39, 0.29) is 24.2 Å². The molecule has 10 heteroatoms. The molecule has 1 N–H and O–H groups in total. The van der Waals surface area contributed by atoms with Gasteiger partial charge in [0.1, 0.15) is 18.4 Å². The van der Waals surface area contributed by atoms with Crippen molar-refractivity contribution in [3.05, 3.63) is 66.0 Å². The monoisotopic (exact) mass is 478 g/mol. The van der Waals surface area contributed by atoms with Crippen molar-refractivity contribution in [2.75, 3.05) is 24.9 Å². The zero-order chi connectivity index (χ0) is 24.8. The summed E-state index contributed by atoms with van der Waals surface area (Å²) < 4.78 is 41.3. The molecule has 0 heterocycles. The Bertz CT molecular complexity index is 1040. The van der Waals surface area contributed by atoms with Crippen molar-refractivity contribution in [2.24, 2.45) is 0 Å². The fourth-order valence-electron chi connectivity index (χ4n) is 3.09. The number of anilines is 1. The smallest absolute Gasteiger partial charge is 0.304 e. The molecular weight excluding hydrogens is 447 g/mol. The van der Waals surface area contributed by atoms with E-state index in [2.05, 4.69) is 5.32 Å². The Labute approximate surface area is 195 Å². The number of carbonyl (C=O) groups excluding carboxylic acids is 2. The third-order valence-electron chi connectivity index (χ3n) is 4.93. The van der Waals surface area contributed by atoms with Gasteiger partial charge in [-0.15, -0.1) is 0 Å². The van der Waals surface area contributed by atoms with Gasteiger partial charge in [-0.1, -0.05) is 30.3 Å². The van der Waals surface area contributed by atoms with Crippen LogP contribution in [0, 0.1) is 5.82 Å². The predicted octanol–water partition coefficient (Wildman–Crippen LogP) is 2.38. The van der Waals surface area contributed by atoms with Gasteiger partial charge in [0.2, 0.25) is 11.8 Å². The van der Waals surface area contributed by atoms with E-state index in [1.54, 1.807) is 6.92 Å². The standard InChI is InChI=1S/C23H31FN4O4S/c1-17(2)25-23(30)18(3)27(15-19-9-7-6-8-10-19)22(29)16-28(33(31,32)26(4)5)21-13-11-20(24)12-14-21/h6-14,17-18H,15-16H2,1-5H3,(H,25,30). The van der Waals surface area contributed by atoms with Crippen LogP contribution < -0.4 is 9.62 Å². The van der Waals surface area contributed by atoms with Crippen LogP contribution in [0.25, 0.3) is 0 Å². The maximum absolute atomic E-state index is 13.4. The fourth-order valence-corrected chi connectivity index (χ4v) is 4.15. The largest absolute Gasteiger partial charge is 0.352 e. The molecule has 1 unspecified atom stereocenters. The van der Waals surface area contributed by atoms with Crippen molar-refractivity contribution in [3.63, 3.8) is 0 Å². The molecule has 0 aromatic heterocycles. The highest BCUT2D eigenvalue weighted by atomic mass is 32.2. The molecule has 1 atom stereocenters. The van der Waals surface area contributed by atoms with Gasteiger partial charge in [-0.2, -0.15) is 12.7 Å². The van der Waals surface area contributed by atoms with Crippen LogP contribution in [-0.4, -0.2) is 62.2 Å². The summed E-state index contributed by atoms with van der Waals surface area (Å²) in [6, 6.07) is 13.0. The zero-order valence-corrected chi connectivity index (χ0v) is 20.3. The van der Waals surface area contributed by atoms with Crippen LogP contribution in [0.4, 0.5) is 10.1 Å². The summed E-state index contributed by atoms with van der Waals surface area (Å²) in [4.78, 5) is 27.5. The number of nitrogens with zero attached hydrogens (tertiary/aromatic N) is 3. The van der Waals surface area contributed by atoms with E-state index in [1.165, 1.54) is 31.1 Å². The number of rotatable bonds is 10. The number of hydrogen-bond acceptors (Lipinski definition) is 4. The first-order chi connectivity index (χ1) is 15.4. The van der Waals surface area contributed by atoms with E-state index >= 15 is 0 Å².